The Bertz CT molecular complexity index is 1350. The summed E-state index contributed by atoms with van der Waals surface area (Å²) in [6, 6.07) is 14.1. The first-order chi connectivity index (χ1) is 18.4. The second-order valence-corrected chi connectivity index (χ2v) is 9.83. The number of nitrogens with zero attached hydrogens (tertiary/aromatic N) is 3. The molecule has 2 fully saturated rings. The lowest BCUT2D eigenvalue weighted by Crippen LogP contribution is -2.44. The molecule has 0 atom stereocenters. The number of benzene rings is 2. The van der Waals surface area contributed by atoms with Crippen molar-refractivity contribution in [3.8, 4) is 11.1 Å². The van der Waals surface area contributed by atoms with Crippen molar-refractivity contribution in [2.45, 2.75) is 38.3 Å². The van der Waals surface area contributed by atoms with Gasteiger partial charge in [0, 0.05) is 49.4 Å². The molecule has 3 aromatic rings. The van der Waals surface area contributed by atoms with E-state index in [9.17, 15) is 24.1 Å². The summed E-state index contributed by atoms with van der Waals surface area (Å²) in [6.07, 6.45) is 4.70. The molecule has 0 unspecified atom stereocenters. The summed E-state index contributed by atoms with van der Waals surface area (Å²) in [5, 5.41) is 17.6. The van der Waals surface area contributed by atoms with Gasteiger partial charge in [-0.05, 0) is 73.2 Å². The van der Waals surface area contributed by atoms with Gasteiger partial charge in [-0.1, -0.05) is 12.1 Å². The molecule has 1 saturated heterocycles. The van der Waals surface area contributed by atoms with E-state index in [1.165, 1.54) is 24.4 Å². The molecule has 1 aliphatic carbocycles. The molecule has 0 radical (unpaired) electrons. The highest BCUT2D eigenvalue weighted by Crippen LogP contribution is 2.33. The Balaban J connectivity index is 1.22. The first kappa shape index (κ1) is 25.5. The first-order valence-corrected chi connectivity index (χ1v) is 12.7. The monoisotopic (exact) mass is 517 g/mol. The maximum absolute atomic E-state index is 13.1. The Labute approximate surface area is 219 Å². The van der Waals surface area contributed by atoms with Gasteiger partial charge in [-0.2, -0.15) is 0 Å². The zero-order valence-electron chi connectivity index (χ0n) is 20.7. The molecule has 2 aromatic carbocycles. The van der Waals surface area contributed by atoms with E-state index >= 15 is 0 Å². The van der Waals surface area contributed by atoms with Gasteiger partial charge in [0.05, 0.1) is 10.5 Å². The molecule has 2 heterocycles. The number of carbonyl (C=O) groups excluding carboxylic acids is 2. The van der Waals surface area contributed by atoms with Crippen molar-refractivity contribution in [2.75, 3.05) is 18.4 Å². The summed E-state index contributed by atoms with van der Waals surface area (Å²) < 4.78 is 13.1. The van der Waals surface area contributed by atoms with Gasteiger partial charge in [0.2, 0.25) is 5.91 Å². The third kappa shape index (κ3) is 6.20. The number of carbonyl (C=O) groups is 2. The Morgan fingerprint density at radius 1 is 1.03 bits per heavy atom. The van der Waals surface area contributed by atoms with E-state index in [1.807, 2.05) is 0 Å². The third-order valence-electron chi connectivity index (χ3n) is 6.97. The average Bonchev–Trinajstić information content (AvgIpc) is 3.77. The molecule has 10 heteroatoms. The van der Waals surface area contributed by atoms with E-state index < -0.39 is 4.92 Å². The van der Waals surface area contributed by atoms with Crippen LogP contribution in [0.25, 0.3) is 11.1 Å². The largest absolute Gasteiger partial charge is 0.349 e. The Kier molecular flexibility index (Phi) is 7.41. The van der Waals surface area contributed by atoms with Crippen molar-refractivity contribution in [1.82, 2.24) is 15.2 Å². The van der Waals surface area contributed by atoms with Crippen molar-refractivity contribution in [1.29, 1.82) is 0 Å². The van der Waals surface area contributed by atoms with Crippen LogP contribution in [0.2, 0.25) is 0 Å². The number of likely N-dealkylation sites (tertiary alicyclic amines) is 1. The first-order valence-electron chi connectivity index (χ1n) is 12.7. The number of nitro groups is 1. The zero-order valence-corrected chi connectivity index (χ0v) is 20.7. The number of pyridine rings is 1. The van der Waals surface area contributed by atoms with Crippen LogP contribution in [0, 0.1) is 21.8 Å². The molecule has 1 saturated carbocycles. The molecule has 0 spiro atoms. The predicted octanol–water partition coefficient (Wildman–Crippen LogP) is 4.54. The molecular formula is C28H28FN5O4. The second kappa shape index (κ2) is 11.1. The quantitative estimate of drug-likeness (QED) is 0.335. The minimum absolute atomic E-state index is 0.00891. The van der Waals surface area contributed by atoms with Crippen LogP contribution in [0.4, 0.5) is 15.9 Å². The molecular weight excluding hydrogens is 489 g/mol. The van der Waals surface area contributed by atoms with Gasteiger partial charge < -0.3 is 10.6 Å². The fourth-order valence-electron chi connectivity index (χ4n) is 4.66. The fraction of sp³-hybridized carbons (Fsp3) is 0.321. The highest BCUT2D eigenvalue weighted by molar-refractivity contribution is 5.97. The lowest BCUT2D eigenvalue weighted by molar-refractivity contribution is -0.384. The highest BCUT2D eigenvalue weighted by Gasteiger charge is 2.30. The second-order valence-electron chi connectivity index (χ2n) is 9.83. The van der Waals surface area contributed by atoms with Gasteiger partial charge in [-0.15, -0.1) is 0 Å². The Hall–Kier alpha value is -4.18. The van der Waals surface area contributed by atoms with Gasteiger partial charge in [0.25, 0.3) is 11.6 Å². The number of hydrogen-bond acceptors (Lipinski definition) is 6. The number of piperidine rings is 1. The number of nitro benzene ring substituents is 1. The van der Waals surface area contributed by atoms with Gasteiger partial charge in [0.15, 0.2) is 0 Å². The third-order valence-corrected chi connectivity index (χ3v) is 6.97. The van der Waals surface area contributed by atoms with E-state index in [-0.39, 0.29) is 40.8 Å². The van der Waals surface area contributed by atoms with Crippen LogP contribution in [0.5, 0.6) is 0 Å². The van der Waals surface area contributed by atoms with Gasteiger partial charge in [0.1, 0.15) is 11.6 Å². The number of rotatable bonds is 8. The maximum Gasteiger partial charge on any atom is 0.277 e. The van der Waals surface area contributed by atoms with Crippen LogP contribution in [-0.4, -0.2) is 45.8 Å². The fourth-order valence-corrected chi connectivity index (χ4v) is 4.66. The van der Waals surface area contributed by atoms with Crippen LogP contribution in [-0.2, 0) is 11.3 Å². The number of anilines is 1. The van der Waals surface area contributed by atoms with E-state index in [0.29, 0.717) is 16.9 Å². The van der Waals surface area contributed by atoms with Crippen molar-refractivity contribution >= 4 is 23.3 Å². The molecule has 1 aromatic heterocycles. The van der Waals surface area contributed by atoms with Gasteiger partial charge in [-0.25, -0.2) is 9.37 Å². The minimum atomic E-state index is -0.511. The topological polar surface area (TPSA) is 117 Å². The van der Waals surface area contributed by atoms with Crippen molar-refractivity contribution < 1.29 is 18.9 Å². The molecule has 0 bridgehead atoms. The summed E-state index contributed by atoms with van der Waals surface area (Å²) in [5.74, 6) is -0.372. The smallest absolute Gasteiger partial charge is 0.277 e. The number of nitrogens with one attached hydrogen (secondary N) is 2. The summed E-state index contributed by atoms with van der Waals surface area (Å²) >= 11 is 0. The minimum Gasteiger partial charge on any atom is -0.349 e. The molecule has 9 nitrogen and oxygen atoms in total. The SMILES string of the molecule is O=C(NC1CCN(Cc2ccc(F)cc2)CC1)c1ccc(-c2ccnc(NC(=O)C3CC3)c2)c([N+](=O)[O-])c1. The molecule has 2 amide bonds. The number of hydrogen-bond donors (Lipinski definition) is 2. The van der Waals surface area contributed by atoms with E-state index in [2.05, 4.69) is 20.5 Å². The van der Waals surface area contributed by atoms with Crippen LogP contribution in [0.15, 0.2) is 60.8 Å². The summed E-state index contributed by atoms with van der Waals surface area (Å²) in [4.78, 5) is 42.8. The predicted molar refractivity (Wildman–Crippen MR) is 140 cm³/mol. The lowest BCUT2D eigenvalue weighted by Gasteiger charge is -2.32. The normalized spacial score (nSPS) is 16.1. The van der Waals surface area contributed by atoms with Crippen LogP contribution < -0.4 is 10.6 Å². The standard InChI is InChI=1S/C28H28FN5O4/c29-22-6-1-18(2-7-22)17-33-13-10-23(11-14-33)31-28(36)21-5-8-24(25(15-21)34(37)38)20-9-12-30-26(16-20)32-27(35)19-3-4-19/h1-2,5-9,12,15-16,19,23H,3-4,10-11,13-14,17H2,(H,31,36)(H,30,32,35). The maximum atomic E-state index is 13.1. The number of aromatic nitrogens is 1. The lowest BCUT2D eigenvalue weighted by atomic mass is 10.0. The number of halogens is 1. The summed E-state index contributed by atoms with van der Waals surface area (Å²) in [5.41, 5.74) is 1.92. The zero-order chi connectivity index (χ0) is 26.6. The summed E-state index contributed by atoms with van der Waals surface area (Å²) in [6.45, 7) is 2.28. The van der Waals surface area contributed by atoms with E-state index in [4.69, 9.17) is 0 Å². The van der Waals surface area contributed by atoms with Crippen LogP contribution in [0.1, 0.15) is 41.6 Å². The number of amides is 2. The van der Waals surface area contributed by atoms with Crippen molar-refractivity contribution in [3.63, 3.8) is 0 Å². The van der Waals surface area contributed by atoms with E-state index in [1.54, 1.807) is 36.4 Å². The average molecular weight is 518 g/mol. The van der Waals surface area contributed by atoms with Crippen molar-refractivity contribution in [2.24, 2.45) is 5.92 Å². The molecule has 2 N–H and O–H groups in total. The van der Waals surface area contributed by atoms with Gasteiger partial charge >= 0.3 is 0 Å². The van der Waals surface area contributed by atoms with Crippen LogP contribution >= 0.6 is 0 Å². The Morgan fingerprint density at radius 3 is 2.45 bits per heavy atom. The van der Waals surface area contributed by atoms with Gasteiger partial charge in [-0.3, -0.25) is 24.6 Å². The Morgan fingerprint density at radius 2 is 1.76 bits per heavy atom. The molecule has 1 aliphatic heterocycles. The molecule has 2 aliphatic rings. The molecule has 5 rings (SSSR count). The summed E-state index contributed by atoms with van der Waals surface area (Å²) in [7, 11) is 0. The molecule has 38 heavy (non-hydrogen) atoms. The van der Waals surface area contributed by atoms with Crippen molar-refractivity contribution in [3.05, 3.63) is 87.9 Å². The molecule has 196 valence electrons. The van der Waals surface area contributed by atoms with Crippen LogP contribution in [0.3, 0.4) is 0 Å². The van der Waals surface area contributed by atoms with E-state index in [0.717, 1.165) is 50.9 Å². The highest BCUT2D eigenvalue weighted by atomic mass is 19.1.